The highest BCUT2D eigenvalue weighted by Crippen LogP contribution is 2.22. The van der Waals surface area contributed by atoms with Gasteiger partial charge in [-0.25, -0.2) is 8.78 Å². The number of carbonyl (C=O) groups excluding carboxylic acids is 1. The molecule has 1 aliphatic rings. The maximum atomic E-state index is 13.9. The van der Waals surface area contributed by atoms with Gasteiger partial charge in [-0.05, 0) is 30.3 Å². The summed E-state index contributed by atoms with van der Waals surface area (Å²) in [5.41, 5.74) is 1.54. The molecule has 2 aromatic carbocycles. The van der Waals surface area contributed by atoms with Crippen LogP contribution in [0.3, 0.4) is 0 Å². The average Bonchev–Trinajstić information content (AvgIpc) is 3.07. The Morgan fingerprint density at radius 2 is 1.64 bits per heavy atom. The molecule has 1 aromatic heterocycles. The topological polar surface area (TPSA) is 39.3 Å². The van der Waals surface area contributed by atoms with Crippen molar-refractivity contribution in [1.29, 1.82) is 0 Å². The largest absolute Gasteiger partial charge is 0.366 e. The van der Waals surface area contributed by atoms with E-state index in [0.29, 0.717) is 48.5 Å². The number of aromatic amines is 1. The molecule has 4 rings (SSSR count). The maximum Gasteiger partial charge on any atom is 0.270 e. The van der Waals surface area contributed by atoms with Crippen LogP contribution in [0.15, 0.2) is 48.5 Å². The van der Waals surface area contributed by atoms with E-state index in [1.165, 1.54) is 12.1 Å². The molecular weight excluding hydrogens is 324 g/mol. The first-order valence-corrected chi connectivity index (χ1v) is 8.19. The number of rotatable bonds is 2. The Kier molecular flexibility index (Phi) is 3.87. The Morgan fingerprint density at radius 1 is 0.920 bits per heavy atom. The Balaban J connectivity index is 1.49. The Labute approximate surface area is 143 Å². The molecule has 0 saturated carbocycles. The quantitative estimate of drug-likeness (QED) is 0.776. The third-order valence-corrected chi connectivity index (χ3v) is 4.60. The van der Waals surface area contributed by atoms with Crippen LogP contribution < -0.4 is 4.90 Å². The van der Waals surface area contributed by atoms with Crippen molar-refractivity contribution in [2.45, 2.75) is 0 Å². The highest BCUT2D eigenvalue weighted by atomic mass is 19.1. The summed E-state index contributed by atoms with van der Waals surface area (Å²) in [6.45, 7) is 2.10. The van der Waals surface area contributed by atoms with E-state index in [-0.39, 0.29) is 17.5 Å². The summed E-state index contributed by atoms with van der Waals surface area (Å²) in [5, 5.41) is 0.413. The van der Waals surface area contributed by atoms with Crippen LogP contribution in [0.1, 0.15) is 10.5 Å². The third-order valence-electron chi connectivity index (χ3n) is 4.60. The molecule has 2 heterocycles. The fourth-order valence-electron chi connectivity index (χ4n) is 3.26. The molecule has 1 fully saturated rings. The number of aromatic nitrogens is 1. The van der Waals surface area contributed by atoms with E-state index in [1.807, 2.05) is 4.90 Å². The van der Waals surface area contributed by atoms with E-state index >= 15 is 0 Å². The van der Waals surface area contributed by atoms with E-state index in [1.54, 1.807) is 41.3 Å². The molecule has 1 aliphatic heterocycles. The molecule has 6 heteroatoms. The second-order valence-electron chi connectivity index (χ2n) is 6.11. The minimum Gasteiger partial charge on any atom is -0.366 e. The smallest absolute Gasteiger partial charge is 0.270 e. The van der Waals surface area contributed by atoms with Gasteiger partial charge in [-0.2, -0.15) is 0 Å². The summed E-state index contributed by atoms with van der Waals surface area (Å²) in [6.07, 6.45) is 0. The molecule has 0 atom stereocenters. The van der Waals surface area contributed by atoms with Gasteiger partial charge in [0.1, 0.15) is 17.3 Å². The van der Waals surface area contributed by atoms with Gasteiger partial charge in [0, 0.05) is 37.1 Å². The van der Waals surface area contributed by atoms with Crippen molar-refractivity contribution < 1.29 is 13.6 Å². The summed E-state index contributed by atoms with van der Waals surface area (Å²) >= 11 is 0. The number of amides is 1. The molecule has 1 N–H and O–H groups in total. The number of nitrogens with zero attached hydrogens (tertiary/aromatic N) is 2. The molecule has 0 aliphatic carbocycles. The number of hydrogen-bond acceptors (Lipinski definition) is 2. The zero-order valence-electron chi connectivity index (χ0n) is 13.5. The van der Waals surface area contributed by atoms with Crippen molar-refractivity contribution in [2.75, 3.05) is 31.1 Å². The number of hydrogen-bond donors (Lipinski definition) is 1. The summed E-state index contributed by atoms with van der Waals surface area (Å²) < 4.78 is 27.7. The molecule has 0 radical (unpaired) electrons. The van der Waals surface area contributed by atoms with Gasteiger partial charge in [0.15, 0.2) is 0 Å². The number of nitrogens with one attached hydrogen (secondary N) is 1. The van der Waals surface area contributed by atoms with E-state index in [4.69, 9.17) is 0 Å². The zero-order chi connectivity index (χ0) is 17.4. The monoisotopic (exact) mass is 341 g/mol. The van der Waals surface area contributed by atoms with Gasteiger partial charge < -0.3 is 14.8 Å². The van der Waals surface area contributed by atoms with Crippen molar-refractivity contribution >= 4 is 22.5 Å². The zero-order valence-corrected chi connectivity index (χ0v) is 13.5. The molecule has 0 unspecified atom stereocenters. The summed E-state index contributed by atoms with van der Waals surface area (Å²) in [4.78, 5) is 19.3. The SMILES string of the molecule is O=C(c1cc2c(F)cccc2[nH]1)N1CCN(c2ccccc2F)CC1. The van der Waals surface area contributed by atoms with Crippen LogP contribution in [0.5, 0.6) is 0 Å². The molecule has 25 heavy (non-hydrogen) atoms. The van der Waals surface area contributed by atoms with Crippen molar-refractivity contribution in [3.8, 4) is 0 Å². The first-order chi connectivity index (χ1) is 12.1. The number of benzene rings is 2. The number of piperazine rings is 1. The van der Waals surface area contributed by atoms with E-state index < -0.39 is 0 Å². The van der Waals surface area contributed by atoms with Crippen molar-refractivity contribution in [3.05, 3.63) is 65.9 Å². The van der Waals surface area contributed by atoms with Crippen LogP contribution in [-0.4, -0.2) is 42.0 Å². The Bertz CT molecular complexity index is 929. The lowest BCUT2D eigenvalue weighted by atomic mass is 10.2. The lowest BCUT2D eigenvalue weighted by molar-refractivity contribution is 0.0741. The fraction of sp³-hybridized carbons (Fsp3) is 0.211. The molecule has 1 amide bonds. The number of fused-ring (bicyclic) bond motifs is 1. The van der Waals surface area contributed by atoms with Crippen LogP contribution >= 0.6 is 0 Å². The number of H-pyrrole nitrogens is 1. The number of para-hydroxylation sites is 1. The van der Waals surface area contributed by atoms with E-state index in [2.05, 4.69) is 4.98 Å². The summed E-state index contributed by atoms with van der Waals surface area (Å²) in [6, 6.07) is 12.9. The number of carbonyl (C=O) groups is 1. The maximum absolute atomic E-state index is 13.9. The second-order valence-corrected chi connectivity index (χ2v) is 6.11. The summed E-state index contributed by atoms with van der Waals surface area (Å²) in [5.74, 6) is -0.769. The van der Waals surface area contributed by atoms with Gasteiger partial charge in [-0.15, -0.1) is 0 Å². The molecule has 128 valence electrons. The molecular formula is C19H17F2N3O. The molecule has 3 aromatic rings. The molecule has 0 spiro atoms. The minimum absolute atomic E-state index is 0.163. The van der Waals surface area contributed by atoms with Gasteiger partial charge in [0.05, 0.1) is 5.69 Å². The molecule has 1 saturated heterocycles. The first kappa shape index (κ1) is 15.6. The van der Waals surface area contributed by atoms with Crippen LogP contribution in [0, 0.1) is 11.6 Å². The van der Waals surface area contributed by atoms with Gasteiger partial charge in [-0.1, -0.05) is 18.2 Å². The fourth-order valence-corrected chi connectivity index (χ4v) is 3.26. The Morgan fingerprint density at radius 3 is 2.36 bits per heavy atom. The van der Waals surface area contributed by atoms with Gasteiger partial charge in [-0.3, -0.25) is 4.79 Å². The predicted molar refractivity (Wildman–Crippen MR) is 92.8 cm³/mol. The van der Waals surface area contributed by atoms with Crippen molar-refractivity contribution in [1.82, 2.24) is 9.88 Å². The van der Waals surface area contributed by atoms with Crippen LogP contribution in [-0.2, 0) is 0 Å². The van der Waals surface area contributed by atoms with Gasteiger partial charge in [0.2, 0.25) is 0 Å². The first-order valence-electron chi connectivity index (χ1n) is 8.19. The molecule has 4 nitrogen and oxygen atoms in total. The predicted octanol–water partition coefficient (Wildman–Crippen LogP) is 3.41. The number of halogens is 2. The van der Waals surface area contributed by atoms with E-state index in [0.717, 1.165) is 0 Å². The number of anilines is 1. The van der Waals surface area contributed by atoms with Gasteiger partial charge in [0.25, 0.3) is 5.91 Å². The molecule has 0 bridgehead atoms. The van der Waals surface area contributed by atoms with Crippen LogP contribution in [0.2, 0.25) is 0 Å². The Hall–Kier alpha value is -2.89. The van der Waals surface area contributed by atoms with Gasteiger partial charge >= 0.3 is 0 Å². The lowest BCUT2D eigenvalue weighted by Gasteiger charge is -2.36. The normalized spacial score (nSPS) is 15.0. The van der Waals surface area contributed by atoms with Crippen LogP contribution in [0.25, 0.3) is 10.9 Å². The minimum atomic E-state index is -0.350. The third kappa shape index (κ3) is 2.84. The van der Waals surface area contributed by atoms with E-state index in [9.17, 15) is 13.6 Å². The second kappa shape index (κ2) is 6.20. The average molecular weight is 341 g/mol. The highest BCUT2D eigenvalue weighted by Gasteiger charge is 2.24. The summed E-state index contributed by atoms with van der Waals surface area (Å²) in [7, 11) is 0. The van der Waals surface area contributed by atoms with Crippen molar-refractivity contribution in [2.24, 2.45) is 0 Å². The van der Waals surface area contributed by atoms with Crippen molar-refractivity contribution in [3.63, 3.8) is 0 Å². The van der Waals surface area contributed by atoms with Crippen LogP contribution in [0.4, 0.5) is 14.5 Å². The lowest BCUT2D eigenvalue weighted by Crippen LogP contribution is -2.49. The highest BCUT2D eigenvalue weighted by molar-refractivity contribution is 5.98. The standard InChI is InChI=1S/C19H17F2N3O/c20-14-5-3-6-16-13(14)12-17(22-16)19(25)24-10-8-23(9-11-24)18-7-2-1-4-15(18)21/h1-7,12,22H,8-11H2.